The maximum absolute atomic E-state index is 10.7. The van der Waals surface area contributed by atoms with Gasteiger partial charge in [0, 0.05) is 19.3 Å². The first-order valence-electron chi connectivity index (χ1n) is 23.1. The fourth-order valence-corrected chi connectivity index (χ4v) is 5.92. The third kappa shape index (κ3) is 43.8. The average molecular weight is 939 g/mol. The third-order valence-electron chi connectivity index (χ3n) is 9.63. The summed E-state index contributed by atoms with van der Waals surface area (Å²) in [6, 6.07) is 6.52. The number of aliphatic hydroxyl groups excluding tert-OH is 3. The number of carboxylic acid groups (broad SMARTS) is 5. The van der Waals surface area contributed by atoms with Gasteiger partial charge >= 0.3 is 29.8 Å². The number of carbonyl (C=O) groups is 5. The van der Waals surface area contributed by atoms with Crippen LogP contribution in [0, 0.1) is 5.92 Å². The molecule has 1 aromatic carbocycles. The molecule has 5 atom stereocenters. The Hall–Kier alpha value is -5.83. The highest BCUT2D eigenvalue weighted by molar-refractivity contribution is 5.87. The average Bonchev–Trinajstić information content (AvgIpc) is 3.81. The third-order valence-corrected chi connectivity index (χ3v) is 9.63. The number of hydrogen-bond donors (Lipinski definition) is 8. The van der Waals surface area contributed by atoms with E-state index in [1.165, 1.54) is 25.7 Å². The predicted molar refractivity (Wildman–Crippen MR) is 263 cm³/mol. The summed E-state index contributed by atoms with van der Waals surface area (Å²) < 4.78 is 5.71. The molecule has 0 aliphatic heterocycles. The topological polar surface area (TPSA) is 256 Å². The smallest absolute Gasteiger partial charge is 0.335 e. The van der Waals surface area contributed by atoms with Crippen molar-refractivity contribution in [2.75, 3.05) is 0 Å². The molecule has 0 spiro atoms. The number of rotatable bonds is 20. The SMILES string of the molecule is C=CCCC(=O)O.C=CCCC(=O)O.C=CCCCCCCCCC(=O)O.O=C(O)CC1C=CCC1.O=C(O)c1ccc(OC2C=CCCC2)cc1.OC1C=CC=CC1O.OC1C=CCCC1. The highest BCUT2D eigenvalue weighted by Gasteiger charge is 2.13. The molecular weight excluding hydrogens is 861 g/mol. The predicted octanol–water partition coefficient (Wildman–Crippen LogP) is 10.7. The van der Waals surface area contributed by atoms with Gasteiger partial charge in [0.15, 0.2) is 0 Å². The number of aromatic carboxylic acids is 1. The molecule has 374 valence electrons. The molecule has 4 aliphatic rings. The van der Waals surface area contributed by atoms with E-state index < -0.39 is 42.1 Å². The Morgan fingerprint density at radius 1 is 0.537 bits per heavy atom. The molecular formula is C53H78O14. The molecule has 1 aromatic rings. The molecule has 0 amide bonds. The molecule has 0 saturated carbocycles. The van der Waals surface area contributed by atoms with Gasteiger partial charge in [-0.2, -0.15) is 0 Å². The van der Waals surface area contributed by atoms with E-state index in [1.807, 2.05) is 30.4 Å². The largest absolute Gasteiger partial charge is 0.486 e. The van der Waals surface area contributed by atoms with Gasteiger partial charge < -0.3 is 45.6 Å². The van der Waals surface area contributed by atoms with Gasteiger partial charge in [-0.25, -0.2) is 4.79 Å². The van der Waals surface area contributed by atoms with Crippen molar-refractivity contribution in [3.8, 4) is 5.75 Å². The van der Waals surface area contributed by atoms with Gasteiger partial charge in [-0.3, -0.25) is 19.2 Å². The van der Waals surface area contributed by atoms with Crippen LogP contribution in [0.5, 0.6) is 5.75 Å². The van der Waals surface area contributed by atoms with Gasteiger partial charge in [-0.05, 0) is 120 Å². The summed E-state index contributed by atoms with van der Waals surface area (Å²) in [6.07, 6.45) is 41.0. The zero-order valence-corrected chi connectivity index (χ0v) is 39.2. The summed E-state index contributed by atoms with van der Waals surface area (Å²) in [5, 5.41) is 67.9. The zero-order valence-electron chi connectivity index (χ0n) is 39.2. The lowest BCUT2D eigenvalue weighted by Crippen LogP contribution is -2.22. The molecule has 5 unspecified atom stereocenters. The monoisotopic (exact) mass is 939 g/mol. The van der Waals surface area contributed by atoms with Gasteiger partial charge in [0.2, 0.25) is 0 Å². The summed E-state index contributed by atoms with van der Waals surface area (Å²) in [4.78, 5) is 50.4. The minimum Gasteiger partial charge on any atom is -0.486 e. The van der Waals surface area contributed by atoms with Gasteiger partial charge in [-0.15, -0.1) is 19.7 Å². The van der Waals surface area contributed by atoms with Crippen LogP contribution in [-0.2, 0) is 19.2 Å². The van der Waals surface area contributed by atoms with Crippen molar-refractivity contribution in [2.45, 2.75) is 159 Å². The second kappa shape index (κ2) is 44.0. The van der Waals surface area contributed by atoms with Gasteiger partial charge in [0.25, 0.3) is 0 Å². The number of carboxylic acids is 5. The standard InChI is InChI=1S/C13H14O3.C11H20O2.C7H10O2.C6H8O2.C6H10O.2C5H8O2/c14-13(15)10-6-8-12(9-7-10)16-11-4-2-1-3-5-11;1-2-3-4-5-6-7-8-9-10-11(12)13;8-7(9)5-6-3-1-2-4-6;7-5-3-1-2-4-6(5)8;7-6-4-2-1-3-5-6;2*1-2-3-4-5(6)7/h2,4,6-9,11H,1,3,5H2,(H,14,15);2H,1,3-10H2,(H,12,13);1,3,6H,2,4-5H2,(H,8,9);1-8H;2,4,6-7H,1,3,5H2;2*2H,1,3-4H2,(H,6,7). The summed E-state index contributed by atoms with van der Waals surface area (Å²) in [5.74, 6) is -2.77. The highest BCUT2D eigenvalue weighted by atomic mass is 16.5. The molecule has 8 N–H and O–H groups in total. The maximum atomic E-state index is 10.7. The first-order chi connectivity index (χ1) is 32.1. The van der Waals surface area contributed by atoms with E-state index in [4.69, 9.17) is 45.6 Å². The van der Waals surface area contributed by atoms with Crippen molar-refractivity contribution >= 4 is 29.8 Å². The molecule has 67 heavy (non-hydrogen) atoms. The number of unbranched alkanes of at least 4 members (excludes halogenated alkanes) is 6. The molecule has 0 fully saturated rings. The Kier molecular flexibility index (Phi) is 41.6. The van der Waals surface area contributed by atoms with Crippen molar-refractivity contribution in [1.82, 2.24) is 0 Å². The summed E-state index contributed by atoms with van der Waals surface area (Å²) >= 11 is 0. The van der Waals surface area contributed by atoms with E-state index in [9.17, 15) is 24.0 Å². The molecule has 0 aromatic heterocycles. The van der Waals surface area contributed by atoms with Crippen LogP contribution in [0.1, 0.15) is 145 Å². The highest BCUT2D eigenvalue weighted by Crippen LogP contribution is 2.20. The lowest BCUT2D eigenvalue weighted by molar-refractivity contribution is -0.138. The van der Waals surface area contributed by atoms with Crippen molar-refractivity contribution in [3.63, 3.8) is 0 Å². The summed E-state index contributed by atoms with van der Waals surface area (Å²) in [7, 11) is 0. The number of allylic oxidation sites excluding steroid dienone is 9. The number of ether oxygens (including phenoxy) is 1. The molecule has 14 nitrogen and oxygen atoms in total. The zero-order chi connectivity index (χ0) is 50.5. The summed E-state index contributed by atoms with van der Waals surface area (Å²) in [6.45, 7) is 10.4. The van der Waals surface area contributed by atoms with Crippen molar-refractivity contribution in [3.05, 3.63) is 129 Å². The molecule has 5 rings (SSSR count). The molecule has 0 saturated heterocycles. The molecule has 0 heterocycles. The van der Waals surface area contributed by atoms with E-state index in [0.29, 0.717) is 31.6 Å². The molecule has 14 heteroatoms. The van der Waals surface area contributed by atoms with Crippen LogP contribution >= 0.6 is 0 Å². The minimum atomic E-state index is -0.913. The maximum Gasteiger partial charge on any atom is 0.335 e. The first kappa shape index (κ1) is 63.3. The second-order valence-electron chi connectivity index (χ2n) is 15.7. The van der Waals surface area contributed by atoms with Crippen LogP contribution in [0.2, 0.25) is 0 Å². The molecule has 0 bridgehead atoms. The van der Waals surface area contributed by atoms with Crippen molar-refractivity contribution < 1.29 is 69.6 Å². The number of aliphatic hydroxyl groups is 3. The van der Waals surface area contributed by atoms with Crippen molar-refractivity contribution in [2.24, 2.45) is 5.92 Å². The Balaban J connectivity index is 0. The van der Waals surface area contributed by atoms with E-state index in [-0.39, 0.29) is 30.6 Å². The van der Waals surface area contributed by atoms with Crippen LogP contribution in [-0.4, -0.2) is 95.1 Å². The van der Waals surface area contributed by atoms with Gasteiger partial charge in [0.05, 0.1) is 18.1 Å². The quantitative estimate of drug-likeness (QED) is 0.0447. The van der Waals surface area contributed by atoms with E-state index in [2.05, 4.69) is 31.9 Å². The molecule has 4 aliphatic carbocycles. The number of aliphatic carboxylic acids is 4. The second-order valence-corrected chi connectivity index (χ2v) is 15.7. The lowest BCUT2D eigenvalue weighted by Gasteiger charge is -2.18. The van der Waals surface area contributed by atoms with Crippen LogP contribution in [0.4, 0.5) is 0 Å². The van der Waals surface area contributed by atoms with Crippen molar-refractivity contribution in [1.29, 1.82) is 0 Å². The Bertz CT molecular complexity index is 1640. The van der Waals surface area contributed by atoms with Crippen LogP contribution in [0.3, 0.4) is 0 Å². The normalized spacial score (nSPS) is 19.0. The van der Waals surface area contributed by atoms with E-state index >= 15 is 0 Å². The van der Waals surface area contributed by atoms with Gasteiger partial charge in [0.1, 0.15) is 24.1 Å². The number of benzene rings is 1. The van der Waals surface area contributed by atoms with Gasteiger partial charge in [-0.1, -0.05) is 98.6 Å². The minimum absolute atomic E-state index is 0.129. The van der Waals surface area contributed by atoms with Crippen LogP contribution in [0.25, 0.3) is 0 Å². The Morgan fingerprint density at radius 3 is 1.39 bits per heavy atom. The first-order valence-corrected chi connectivity index (χ1v) is 23.1. The van der Waals surface area contributed by atoms with Crippen LogP contribution in [0.15, 0.2) is 123 Å². The fraction of sp³-hybridized carbons (Fsp3) is 0.491. The number of hydrogen-bond acceptors (Lipinski definition) is 9. The summed E-state index contributed by atoms with van der Waals surface area (Å²) in [5.41, 5.74) is 0.284. The molecule has 0 radical (unpaired) electrons. The van der Waals surface area contributed by atoms with Crippen LogP contribution < -0.4 is 4.74 Å². The Morgan fingerprint density at radius 2 is 1.03 bits per heavy atom. The Labute approximate surface area is 397 Å². The fourth-order valence-electron chi connectivity index (χ4n) is 5.92. The van der Waals surface area contributed by atoms with E-state index in [0.717, 1.165) is 76.4 Å². The van der Waals surface area contributed by atoms with E-state index in [1.54, 1.807) is 60.7 Å². The lowest BCUT2D eigenvalue weighted by atomic mass is 10.1.